The second-order valence-electron chi connectivity index (χ2n) is 4.46. The van der Waals surface area contributed by atoms with E-state index < -0.39 is 0 Å². The minimum absolute atomic E-state index is 0.440. The third kappa shape index (κ3) is 4.10. The van der Waals surface area contributed by atoms with E-state index >= 15 is 0 Å². The second kappa shape index (κ2) is 7.31. The lowest BCUT2D eigenvalue weighted by atomic mass is 10.1. The first kappa shape index (κ1) is 15.6. The van der Waals surface area contributed by atoms with Gasteiger partial charge in [-0.3, -0.25) is 0 Å². The van der Waals surface area contributed by atoms with E-state index in [1.54, 1.807) is 20.1 Å². The third-order valence-electron chi connectivity index (χ3n) is 3.04. The first-order valence-electron chi connectivity index (χ1n) is 6.38. The van der Waals surface area contributed by atoms with Gasteiger partial charge < -0.3 is 14.7 Å². The number of benzene rings is 2. The van der Waals surface area contributed by atoms with Crippen molar-refractivity contribution in [2.45, 2.75) is 13.5 Å². The van der Waals surface area contributed by atoms with E-state index in [4.69, 9.17) is 14.7 Å². The zero-order chi connectivity index (χ0) is 15.2. The van der Waals surface area contributed by atoms with Crippen LogP contribution >= 0.6 is 22.6 Å². The van der Waals surface area contributed by atoms with Crippen LogP contribution in [0.1, 0.15) is 18.1 Å². The van der Waals surface area contributed by atoms with Gasteiger partial charge in [0.1, 0.15) is 18.1 Å². The highest BCUT2D eigenvalue weighted by molar-refractivity contribution is 14.1. The van der Waals surface area contributed by atoms with Gasteiger partial charge in [-0.1, -0.05) is 17.3 Å². The molecule has 0 fully saturated rings. The van der Waals surface area contributed by atoms with E-state index in [0.717, 1.165) is 11.1 Å². The maximum absolute atomic E-state index is 8.96. The highest BCUT2D eigenvalue weighted by Crippen LogP contribution is 2.26. The van der Waals surface area contributed by atoms with Gasteiger partial charge in [0.2, 0.25) is 0 Å². The molecule has 1 N–H and O–H groups in total. The largest absolute Gasteiger partial charge is 0.497 e. The van der Waals surface area contributed by atoms with Crippen molar-refractivity contribution in [1.82, 2.24) is 0 Å². The molecule has 0 aromatic heterocycles. The fourth-order valence-corrected chi connectivity index (χ4v) is 2.20. The van der Waals surface area contributed by atoms with E-state index in [9.17, 15) is 0 Å². The lowest BCUT2D eigenvalue weighted by Gasteiger charge is -2.12. The van der Waals surface area contributed by atoms with Crippen LogP contribution < -0.4 is 9.47 Å². The van der Waals surface area contributed by atoms with Gasteiger partial charge in [0.25, 0.3) is 0 Å². The molecule has 0 unspecified atom stereocenters. The summed E-state index contributed by atoms with van der Waals surface area (Å²) in [7, 11) is 1.60. The van der Waals surface area contributed by atoms with E-state index in [-0.39, 0.29) is 0 Å². The monoisotopic (exact) mass is 397 g/mol. The normalized spacial score (nSPS) is 11.3. The predicted octanol–water partition coefficient (Wildman–Crippen LogP) is 4.08. The number of methoxy groups -OCH3 is 1. The van der Waals surface area contributed by atoms with Gasteiger partial charge in [0.05, 0.1) is 12.8 Å². The first-order valence-corrected chi connectivity index (χ1v) is 7.46. The smallest absolute Gasteiger partial charge is 0.132 e. The number of hydrogen-bond acceptors (Lipinski definition) is 4. The topological polar surface area (TPSA) is 51.0 Å². The number of oxime groups is 1. The predicted molar refractivity (Wildman–Crippen MR) is 90.5 cm³/mol. The number of halogens is 1. The summed E-state index contributed by atoms with van der Waals surface area (Å²) >= 11 is 2.26. The average molecular weight is 397 g/mol. The van der Waals surface area contributed by atoms with Crippen LogP contribution in [-0.2, 0) is 6.61 Å². The Hall–Kier alpha value is -1.76. The van der Waals surface area contributed by atoms with E-state index in [2.05, 4.69) is 27.7 Å². The molecule has 0 heterocycles. The van der Waals surface area contributed by atoms with Crippen molar-refractivity contribution in [1.29, 1.82) is 0 Å². The first-order chi connectivity index (χ1) is 10.1. The number of ether oxygens (including phenoxy) is 2. The van der Waals surface area contributed by atoms with Gasteiger partial charge in [0, 0.05) is 15.2 Å². The van der Waals surface area contributed by atoms with Gasteiger partial charge in [-0.25, -0.2) is 0 Å². The summed E-state index contributed by atoms with van der Waals surface area (Å²) in [5, 5.41) is 12.2. The minimum atomic E-state index is 0.440. The molecule has 110 valence electrons. The van der Waals surface area contributed by atoms with Crippen LogP contribution in [0.15, 0.2) is 47.6 Å². The maximum Gasteiger partial charge on any atom is 0.132 e. The molecule has 21 heavy (non-hydrogen) atoms. The Kier molecular flexibility index (Phi) is 5.44. The van der Waals surface area contributed by atoms with Gasteiger partial charge in [0.15, 0.2) is 0 Å². The Morgan fingerprint density at radius 3 is 2.52 bits per heavy atom. The zero-order valence-corrected chi connectivity index (χ0v) is 14.0. The van der Waals surface area contributed by atoms with Crippen LogP contribution in [0.5, 0.6) is 11.5 Å². The van der Waals surface area contributed by atoms with Crippen molar-refractivity contribution >= 4 is 28.3 Å². The number of rotatable bonds is 5. The Morgan fingerprint density at radius 1 is 1.19 bits per heavy atom. The fraction of sp³-hybridized carbons (Fsp3) is 0.188. The lowest BCUT2D eigenvalue weighted by molar-refractivity contribution is 0.301. The molecular weight excluding hydrogens is 381 g/mol. The van der Waals surface area contributed by atoms with E-state index in [1.165, 1.54) is 3.57 Å². The molecular formula is C16H16INO3. The summed E-state index contributed by atoms with van der Waals surface area (Å²) < 4.78 is 12.2. The van der Waals surface area contributed by atoms with E-state index in [1.807, 2.05) is 36.4 Å². The molecule has 5 heteroatoms. The van der Waals surface area contributed by atoms with Crippen LogP contribution in [-0.4, -0.2) is 18.0 Å². The van der Waals surface area contributed by atoms with Crippen LogP contribution in [0, 0.1) is 3.57 Å². The van der Waals surface area contributed by atoms with Crippen molar-refractivity contribution in [3.8, 4) is 11.5 Å². The van der Waals surface area contributed by atoms with Crippen molar-refractivity contribution in [3.05, 3.63) is 57.2 Å². The zero-order valence-electron chi connectivity index (χ0n) is 11.8. The van der Waals surface area contributed by atoms with Crippen LogP contribution in [0.4, 0.5) is 0 Å². The summed E-state index contributed by atoms with van der Waals surface area (Å²) in [6.45, 7) is 2.16. The second-order valence-corrected chi connectivity index (χ2v) is 5.71. The molecule has 0 spiro atoms. The summed E-state index contributed by atoms with van der Waals surface area (Å²) in [4.78, 5) is 0. The Morgan fingerprint density at radius 2 is 1.90 bits per heavy atom. The molecule has 0 atom stereocenters. The highest BCUT2D eigenvalue weighted by atomic mass is 127. The molecule has 4 nitrogen and oxygen atoms in total. The Balaban J connectivity index is 2.22. The van der Waals surface area contributed by atoms with Gasteiger partial charge >= 0.3 is 0 Å². The molecule has 0 bridgehead atoms. The Bertz CT molecular complexity index is 638. The molecule has 0 aliphatic heterocycles. The van der Waals surface area contributed by atoms with Gasteiger partial charge in [-0.2, -0.15) is 0 Å². The SMILES string of the molecule is COc1ccc(/C(C)=N/O)c(OCc2ccc(I)cc2)c1. The average Bonchev–Trinajstić information content (AvgIpc) is 2.53. The molecule has 2 aromatic rings. The summed E-state index contributed by atoms with van der Waals surface area (Å²) in [6.07, 6.45) is 0. The number of hydrogen-bond donors (Lipinski definition) is 1. The summed E-state index contributed by atoms with van der Waals surface area (Å²) in [5.41, 5.74) is 2.31. The fourth-order valence-electron chi connectivity index (χ4n) is 1.84. The molecule has 0 saturated carbocycles. The highest BCUT2D eigenvalue weighted by Gasteiger charge is 2.09. The van der Waals surface area contributed by atoms with E-state index in [0.29, 0.717) is 23.8 Å². The van der Waals surface area contributed by atoms with Crippen molar-refractivity contribution in [2.75, 3.05) is 7.11 Å². The molecule has 2 aromatic carbocycles. The standard InChI is InChI=1S/C16H16INO3/c1-11(18-19)15-8-7-14(20-2)9-16(15)21-10-12-3-5-13(17)6-4-12/h3-9,19H,10H2,1-2H3/b18-11+. The van der Waals surface area contributed by atoms with Crippen molar-refractivity contribution in [2.24, 2.45) is 5.16 Å². The molecule has 2 rings (SSSR count). The molecule has 0 aliphatic carbocycles. The van der Waals surface area contributed by atoms with Crippen LogP contribution in [0.3, 0.4) is 0 Å². The van der Waals surface area contributed by atoms with Gasteiger partial charge in [-0.05, 0) is 59.3 Å². The summed E-state index contributed by atoms with van der Waals surface area (Å²) in [6, 6.07) is 13.5. The number of nitrogens with zero attached hydrogens (tertiary/aromatic N) is 1. The molecule has 0 radical (unpaired) electrons. The Labute approximate surface area is 137 Å². The lowest BCUT2D eigenvalue weighted by Crippen LogP contribution is -2.03. The van der Waals surface area contributed by atoms with Gasteiger partial charge in [-0.15, -0.1) is 0 Å². The quantitative estimate of drug-likeness (QED) is 0.358. The van der Waals surface area contributed by atoms with Crippen LogP contribution in [0.25, 0.3) is 0 Å². The van der Waals surface area contributed by atoms with Crippen molar-refractivity contribution in [3.63, 3.8) is 0 Å². The molecule has 0 saturated heterocycles. The molecule has 0 amide bonds. The maximum atomic E-state index is 8.96. The third-order valence-corrected chi connectivity index (χ3v) is 3.76. The minimum Gasteiger partial charge on any atom is -0.497 e. The van der Waals surface area contributed by atoms with Crippen LogP contribution in [0.2, 0.25) is 0 Å². The summed E-state index contributed by atoms with van der Waals surface area (Å²) in [5.74, 6) is 1.32. The van der Waals surface area contributed by atoms with Crippen molar-refractivity contribution < 1.29 is 14.7 Å². The molecule has 0 aliphatic rings.